The van der Waals surface area contributed by atoms with Gasteiger partial charge in [-0.2, -0.15) is 5.26 Å². The fourth-order valence-corrected chi connectivity index (χ4v) is 2.63. The number of nitrogens with zero attached hydrogens (tertiary/aromatic N) is 1. The predicted octanol–water partition coefficient (Wildman–Crippen LogP) is 1.78. The highest BCUT2D eigenvalue weighted by atomic mass is 32.2. The lowest BCUT2D eigenvalue weighted by Crippen LogP contribution is -2.26. The number of nitriles is 1. The molecule has 1 N–H and O–H groups in total. The fourth-order valence-electron chi connectivity index (χ4n) is 1.42. The molecule has 0 radical (unpaired) electrons. The minimum absolute atomic E-state index is 0.138. The van der Waals surface area contributed by atoms with Crippen molar-refractivity contribution in [3.63, 3.8) is 0 Å². The molecule has 1 aromatic carbocycles. The first kappa shape index (κ1) is 13.7. The van der Waals surface area contributed by atoms with Crippen LogP contribution in [0.1, 0.15) is 30.9 Å². The zero-order valence-electron chi connectivity index (χ0n) is 9.81. The van der Waals surface area contributed by atoms with E-state index in [0.717, 1.165) is 12.8 Å². The number of nitrogens with one attached hydrogen (secondary N) is 1. The summed E-state index contributed by atoms with van der Waals surface area (Å²) in [5, 5.41) is 8.86. The van der Waals surface area contributed by atoms with E-state index in [4.69, 9.17) is 5.26 Å². The number of unbranched alkanes of at least 4 members (excludes halogenated alkanes) is 1. The Labute approximate surface area is 102 Å². The monoisotopic (exact) mass is 252 g/mol. The largest absolute Gasteiger partial charge is 0.215 e. The van der Waals surface area contributed by atoms with Crippen LogP contribution in [-0.2, 0) is 15.8 Å². The van der Waals surface area contributed by atoms with Crippen LogP contribution in [-0.4, -0.2) is 15.0 Å². The van der Waals surface area contributed by atoms with Crippen molar-refractivity contribution in [2.24, 2.45) is 0 Å². The Balaban J connectivity index is 2.73. The maximum absolute atomic E-state index is 11.7. The molecular weight excluding hydrogens is 236 g/mol. The van der Waals surface area contributed by atoms with Crippen LogP contribution in [0, 0.1) is 11.3 Å². The SMILES string of the molecule is CCCCNS(=O)(=O)Cc1ccccc1C#N. The van der Waals surface area contributed by atoms with Crippen LogP contribution in [0.5, 0.6) is 0 Å². The van der Waals surface area contributed by atoms with E-state index in [1.807, 2.05) is 13.0 Å². The maximum atomic E-state index is 11.7. The minimum Gasteiger partial charge on any atom is -0.215 e. The number of rotatable bonds is 6. The second-order valence-electron chi connectivity index (χ2n) is 3.78. The predicted molar refractivity (Wildman–Crippen MR) is 66.7 cm³/mol. The molecule has 0 fully saturated rings. The molecule has 4 nitrogen and oxygen atoms in total. The highest BCUT2D eigenvalue weighted by molar-refractivity contribution is 7.88. The second kappa shape index (κ2) is 6.38. The zero-order chi connectivity index (χ0) is 12.7. The lowest BCUT2D eigenvalue weighted by atomic mass is 10.1. The molecule has 0 atom stereocenters. The third-order valence-corrected chi connectivity index (χ3v) is 3.67. The molecule has 0 spiro atoms. The Bertz CT molecular complexity index is 503. The summed E-state index contributed by atoms with van der Waals surface area (Å²) in [6.07, 6.45) is 1.76. The van der Waals surface area contributed by atoms with Crippen LogP contribution < -0.4 is 4.72 Å². The summed E-state index contributed by atoms with van der Waals surface area (Å²) in [7, 11) is -3.34. The van der Waals surface area contributed by atoms with Gasteiger partial charge >= 0.3 is 0 Å². The smallest absolute Gasteiger partial charge is 0.215 e. The number of sulfonamides is 1. The summed E-state index contributed by atoms with van der Waals surface area (Å²) in [5.74, 6) is -0.138. The van der Waals surface area contributed by atoms with Gasteiger partial charge in [0, 0.05) is 6.54 Å². The topological polar surface area (TPSA) is 70.0 Å². The van der Waals surface area contributed by atoms with E-state index in [1.165, 1.54) is 0 Å². The average Bonchev–Trinajstić information content (AvgIpc) is 2.29. The molecule has 0 unspecified atom stereocenters. The van der Waals surface area contributed by atoms with Crippen molar-refractivity contribution in [2.45, 2.75) is 25.5 Å². The minimum atomic E-state index is -3.34. The van der Waals surface area contributed by atoms with Crippen molar-refractivity contribution in [1.29, 1.82) is 5.26 Å². The lowest BCUT2D eigenvalue weighted by molar-refractivity contribution is 0.577. The molecule has 1 aromatic rings. The molecular formula is C12H16N2O2S. The highest BCUT2D eigenvalue weighted by Gasteiger charge is 2.13. The van der Waals surface area contributed by atoms with Gasteiger partial charge in [-0.1, -0.05) is 31.5 Å². The Kier molecular flexibility index (Phi) is 5.13. The first-order valence-electron chi connectivity index (χ1n) is 5.54. The van der Waals surface area contributed by atoms with Gasteiger partial charge in [0.25, 0.3) is 0 Å². The van der Waals surface area contributed by atoms with Crippen LogP contribution >= 0.6 is 0 Å². The van der Waals surface area contributed by atoms with E-state index in [1.54, 1.807) is 24.3 Å². The van der Waals surface area contributed by atoms with Gasteiger partial charge in [-0.25, -0.2) is 13.1 Å². The zero-order valence-corrected chi connectivity index (χ0v) is 10.6. The normalized spacial score (nSPS) is 11.1. The summed E-state index contributed by atoms with van der Waals surface area (Å²) in [6, 6.07) is 8.73. The summed E-state index contributed by atoms with van der Waals surface area (Å²) in [4.78, 5) is 0. The lowest BCUT2D eigenvalue weighted by Gasteiger charge is -2.07. The molecule has 0 aromatic heterocycles. The molecule has 0 bridgehead atoms. The quantitative estimate of drug-likeness (QED) is 0.784. The molecule has 0 aliphatic carbocycles. The first-order valence-corrected chi connectivity index (χ1v) is 7.19. The van der Waals surface area contributed by atoms with Crippen LogP contribution in [0.3, 0.4) is 0 Å². The van der Waals surface area contributed by atoms with Gasteiger partial charge in [0.15, 0.2) is 0 Å². The van der Waals surface area contributed by atoms with E-state index < -0.39 is 10.0 Å². The molecule has 0 amide bonds. The molecule has 0 aliphatic rings. The molecule has 1 rings (SSSR count). The Hall–Kier alpha value is -1.38. The van der Waals surface area contributed by atoms with Crippen LogP contribution in [0.15, 0.2) is 24.3 Å². The van der Waals surface area contributed by atoms with Crippen LogP contribution in [0.4, 0.5) is 0 Å². The van der Waals surface area contributed by atoms with Crippen LogP contribution in [0.25, 0.3) is 0 Å². The van der Waals surface area contributed by atoms with Gasteiger partial charge in [-0.3, -0.25) is 0 Å². The Morgan fingerprint density at radius 1 is 1.35 bits per heavy atom. The van der Waals surface area contributed by atoms with Crippen molar-refractivity contribution in [3.05, 3.63) is 35.4 Å². The first-order chi connectivity index (χ1) is 8.09. The van der Waals surface area contributed by atoms with Crippen molar-refractivity contribution >= 4 is 10.0 Å². The molecule has 0 saturated heterocycles. The average molecular weight is 252 g/mol. The Morgan fingerprint density at radius 3 is 2.71 bits per heavy atom. The van der Waals surface area contributed by atoms with E-state index in [0.29, 0.717) is 17.7 Å². The maximum Gasteiger partial charge on any atom is 0.215 e. The molecule has 0 heterocycles. The van der Waals surface area contributed by atoms with Gasteiger partial charge < -0.3 is 0 Å². The van der Waals surface area contributed by atoms with Gasteiger partial charge in [-0.15, -0.1) is 0 Å². The molecule has 92 valence electrons. The molecule has 0 aliphatic heterocycles. The van der Waals surface area contributed by atoms with Gasteiger partial charge in [0.2, 0.25) is 10.0 Å². The number of hydrogen-bond acceptors (Lipinski definition) is 3. The summed E-state index contributed by atoms with van der Waals surface area (Å²) < 4.78 is 26.0. The van der Waals surface area contributed by atoms with Crippen molar-refractivity contribution in [1.82, 2.24) is 4.72 Å². The number of hydrogen-bond donors (Lipinski definition) is 1. The van der Waals surface area contributed by atoms with E-state index in [-0.39, 0.29) is 5.75 Å². The van der Waals surface area contributed by atoms with E-state index in [2.05, 4.69) is 4.72 Å². The summed E-state index contributed by atoms with van der Waals surface area (Å²) in [5.41, 5.74) is 0.951. The van der Waals surface area contributed by atoms with Crippen molar-refractivity contribution in [2.75, 3.05) is 6.54 Å². The third-order valence-electron chi connectivity index (χ3n) is 2.34. The van der Waals surface area contributed by atoms with Crippen LogP contribution in [0.2, 0.25) is 0 Å². The summed E-state index contributed by atoms with van der Waals surface area (Å²) in [6.45, 7) is 2.45. The Morgan fingerprint density at radius 2 is 2.06 bits per heavy atom. The van der Waals surface area contributed by atoms with E-state index in [9.17, 15) is 8.42 Å². The number of benzene rings is 1. The summed E-state index contributed by atoms with van der Waals surface area (Å²) >= 11 is 0. The van der Waals surface area contributed by atoms with Gasteiger partial charge in [-0.05, 0) is 18.1 Å². The highest BCUT2D eigenvalue weighted by Crippen LogP contribution is 2.10. The fraction of sp³-hybridized carbons (Fsp3) is 0.417. The van der Waals surface area contributed by atoms with Gasteiger partial charge in [0.1, 0.15) is 0 Å². The van der Waals surface area contributed by atoms with Crippen molar-refractivity contribution in [3.8, 4) is 6.07 Å². The van der Waals surface area contributed by atoms with Gasteiger partial charge in [0.05, 0.1) is 17.4 Å². The molecule has 0 saturated carbocycles. The third kappa shape index (κ3) is 4.55. The van der Waals surface area contributed by atoms with E-state index >= 15 is 0 Å². The second-order valence-corrected chi connectivity index (χ2v) is 5.58. The van der Waals surface area contributed by atoms with Crippen molar-refractivity contribution < 1.29 is 8.42 Å². The standard InChI is InChI=1S/C12H16N2O2S/c1-2-3-8-14-17(15,16)10-12-7-5-4-6-11(12)9-13/h4-7,14H,2-3,8,10H2,1H3. The molecule has 5 heteroatoms. The molecule has 17 heavy (non-hydrogen) atoms.